The summed E-state index contributed by atoms with van der Waals surface area (Å²) in [5.41, 5.74) is 8.49. The van der Waals surface area contributed by atoms with Crippen molar-refractivity contribution >= 4 is 6.09 Å². The molecule has 0 saturated carbocycles. The number of carbonyl (C=O) groups excluding carboxylic acids is 1. The van der Waals surface area contributed by atoms with Crippen LogP contribution < -0.4 is 5.73 Å². The van der Waals surface area contributed by atoms with Crippen molar-refractivity contribution in [3.63, 3.8) is 0 Å². The van der Waals surface area contributed by atoms with Gasteiger partial charge in [0, 0.05) is 11.4 Å². The van der Waals surface area contributed by atoms with Crippen LogP contribution >= 0.6 is 0 Å². The van der Waals surface area contributed by atoms with Crippen LogP contribution in [-0.2, 0) is 24.2 Å². The molecule has 1 aromatic rings. The molecule has 1 amide bonds. The van der Waals surface area contributed by atoms with E-state index in [9.17, 15) is 4.79 Å². The molecule has 2 rings (SSSR count). The molecule has 0 saturated heterocycles. The maximum atomic E-state index is 11.9. The molecule has 1 aromatic heterocycles. The van der Waals surface area contributed by atoms with Gasteiger partial charge < -0.3 is 15.5 Å². The van der Waals surface area contributed by atoms with Gasteiger partial charge in [0.2, 0.25) is 0 Å². The average molecular weight is 251 g/mol. The number of hydrogen-bond donors (Lipinski definition) is 2. The van der Waals surface area contributed by atoms with Crippen LogP contribution in [0.3, 0.4) is 0 Å². The molecule has 1 aliphatic heterocycles. The van der Waals surface area contributed by atoms with Crippen LogP contribution in [0.4, 0.5) is 4.79 Å². The Morgan fingerprint density at radius 2 is 2.22 bits per heavy atom. The molecule has 5 heteroatoms. The van der Waals surface area contributed by atoms with E-state index < -0.39 is 5.60 Å². The summed E-state index contributed by atoms with van der Waals surface area (Å²) >= 11 is 0. The molecule has 0 aromatic carbocycles. The summed E-state index contributed by atoms with van der Waals surface area (Å²) in [4.78, 5) is 16.9. The van der Waals surface area contributed by atoms with E-state index in [0.29, 0.717) is 19.6 Å². The molecule has 0 spiro atoms. The van der Waals surface area contributed by atoms with Gasteiger partial charge in [-0.05, 0) is 45.4 Å². The molecular weight excluding hydrogens is 230 g/mol. The van der Waals surface area contributed by atoms with Gasteiger partial charge in [0.05, 0.1) is 13.1 Å². The third kappa shape index (κ3) is 2.85. The molecule has 0 unspecified atom stereocenters. The van der Waals surface area contributed by atoms with Gasteiger partial charge in [-0.15, -0.1) is 0 Å². The molecule has 5 nitrogen and oxygen atoms in total. The minimum Gasteiger partial charge on any atom is -0.444 e. The fourth-order valence-electron chi connectivity index (χ4n) is 2.09. The van der Waals surface area contributed by atoms with Crippen LogP contribution in [-0.4, -0.2) is 28.1 Å². The lowest BCUT2D eigenvalue weighted by Crippen LogP contribution is -2.33. The summed E-state index contributed by atoms with van der Waals surface area (Å²) in [5, 5.41) is 0. The van der Waals surface area contributed by atoms with Gasteiger partial charge >= 0.3 is 6.09 Å². The first kappa shape index (κ1) is 13.0. The van der Waals surface area contributed by atoms with E-state index in [1.165, 1.54) is 5.56 Å². The Morgan fingerprint density at radius 1 is 1.50 bits per heavy atom. The standard InChI is InChI=1S/C13H21N3O2/c1-13(2,3)18-12(17)16-7-9-6-10(4-5-14)15-11(9)8-16/h6,15H,4-5,7-8,14H2,1-3H3. The summed E-state index contributed by atoms with van der Waals surface area (Å²) in [7, 11) is 0. The number of aromatic nitrogens is 1. The monoisotopic (exact) mass is 251 g/mol. The van der Waals surface area contributed by atoms with Crippen molar-refractivity contribution in [2.75, 3.05) is 6.54 Å². The molecule has 100 valence electrons. The van der Waals surface area contributed by atoms with E-state index in [-0.39, 0.29) is 6.09 Å². The molecule has 0 radical (unpaired) electrons. The van der Waals surface area contributed by atoms with Crippen molar-refractivity contribution in [1.29, 1.82) is 0 Å². The predicted molar refractivity (Wildman–Crippen MR) is 69.0 cm³/mol. The summed E-state index contributed by atoms with van der Waals surface area (Å²) in [6.07, 6.45) is 0.590. The highest BCUT2D eigenvalue weighted by Gasteiger charge is 2.28. The van der Waals surface area contributed by atoms with Gasteiger partial charge in [-0.3, -0.25) is 4.90 Å². The summed E-state index contributed by atoms with van der Waals surface area (Å²) in [5.74, 6) is 0. The highest BCUT2D eigenvalue weighted by atomic mass is 16.6. The van der Waals surface area contributed by atoms with Crippen molar-refractivity contribution in [2.45, 2.75) is 45.9 Å². The Labute approximate surface area is 107 Å². The van der Waals surface area contributed by atoms with Crippen molar-refractivity contribution in [2.24, 2.45) is 5.73 Å². The maximum absolute atomic E-state index is 11.9. The number of nitrogens with zero attached hydrogens (tertiary/aromatic N) is 1. The second-order valence-corrected chi connectivity index (χ2v) is 5.67. The number of carbonyl (C=O) groups is 1. The van der Waals surface area contributed by atoms with E-state index in [1.807, 2.05) is 20.8 Å². The summed E-state index contributed by atoms with van der Waals surface area (Å²) in [6, 6.07) is 2.09. The Bertz CT molecular complexity index is 422. The first-order valence-electron chi connectivity index (χ1n) is 6.26. The minimum absolute atomic E-state index is 0.257. The van der Waals surface area contributed by atoms with Crippen molar-refractivity contribution in [1.82, 2.24) is 9.88 Å². The van der Waals surface area contributed by atoms with Gasteiger partial charge in [-0.2, -0.15) is 0 Å². The van der Waals surface area contributed by atoms with Gasteiger partial charge in [-0.1, -0.05) is 0 Å². The molecule has 0 atom stereocenters. The summed E-state index contributed by atoms with van der Waals surface area (Å²) in [6.45, 7) is 7.47. The third-order valence-electron chi connectivity index (χ3n) is 2.82. The number of fused-ring (bicyclic) bond motifs is 1. The van der Waals surface area contributed by atoms with Crippen molar-refractivity contribution in [3.05, 3.63) is 23.0 Å². The maximum Gasteiger partial charge on any atom is 0.410 e. The van der Waals surface area contributed by atoms with Crippen LogP contribution in [0.25, 0.3) is 0 Å². The van der Waals surface area contributed by atoms with E-state index in [2.05, 4.69) is 11.1 Å². The number of H-pyrrole nitrogens is 1. The Morgan fingerprint density at radius 3 is 2.78 bits per heavy atom. The van der Waals surface area contributed by atoms with Gasteiger partial charge in [0.25, 0.3) is 0 Å². The number of aromatic amines is 1. The number of rotatable bonds is 2. The van der Waals surface area contributed by atoms with E-state index >= 15 is 0 Å². The van der Waals surface area contributed by atoms with Crippen LogP contribution in [0.2, 0.25) is 0 Å². The zero-order valence-corrected chi connectivity index (χ0v) is 11.2. The lowest BCUT2D eigenvalue weighted by Gasteiger charge is -2.24. The molecular formula is C13H21N3O2. The van der Waals surface area contributed by atoms with E-state index in [1.54, 1.807) is 4.90 Å². The quantitative estimate of drug-likeness (QED) is 0.841. The first-order chi connectivity index (χ1) is 8.39. The SMILES string of the molecule is CC(C)(C)OC(=O)N1Cc2cc(CCN)[nH]c2C1. The number of nitrogens with one attached hydrogen (secondary N) is 1. The predicted octanol–water partition coefficient (Wildman–Crippen LogP) is 1.77. The van der Waals surface area contributed by atoms with Crippen molar-refractivity contribution < 1.29 is 9.53 Å². The fourth-order valence-corrected chi connectivity index (χ4v) is 2.09. The Balaban J connectivity index is 1.98. The number of amides is 1. The third-order valence-corrected chi connectivity index (χ3v) is 2.82. The average Bonchev–Trinajstić information content (AvgIpc) is 2.72. The second kappa shape index (κ2) is 4.65. The van der Waals surface area contributed by atoms with E-state index in [0.717, 1.165) is 17.8 Å². The highest BCUT2D eigenvalue weighted by molar-refractivity contribution is 5.69. The molecule has 0 fully saturated rings. The van der Waals surface area contributed by atoms with Crippen LogP contribution in [0.15, 0.2) is 6.07 Å². The lowest BCUT2D eigenvalue weighted by atomic mass is 10.2. The molecule has 0 bridgehead atoms. The van der Waals surface area contributed by atoms with Gasteiger partial charge in [-0.25, -0.2) is 4.79 Å². The Kier molecular flexibility index (Phi) is 3.34. The largest absolute Gasteiger partial charge is 0.444 e. The zero-order valence-electron chi connectivity index (χ0n) is 11.2. The Hall–Kier alpha value is -1.49. The normalized spacial score (nSPS) is 14.8. The van der Waals surface area contributed by atoms with Crippen LogP contribution in [0.1, 0.15) is 37.7 Å². The smallest absolute Gasteiger partial charge is 0.410 e. The summed E-state index contributed by atoms with van der Waals surface area (Å²) < 4.78 is 5.35. The van der Waals surface area contributed by atoms with Crippen LogP contribution in [0, 0.1) is 0 Å². The highest BCUT2D eigenvalue weighted by Crippen LogP contribution is 2.25. The molecule has 0 aliphatic carbocycles. The molecule has 3 N–H and O–H groups in total. The van der Waals surface area contributed by atoms with Crippen LogP contribution in [0.5, 0.6) is 0 Å². The fraction of sp³-hybridized carbons (Fsp3) is 0.615. The molecule has 18 heavy (non-hydrogen) atoms. The minimum atomic E-state index is -0.446. The van der Waals surface area contributed by atoms with Gasteiger partial charge in [0.15, 0.2) is 0 Å². The number of nitrogens with two attached hydrogens (primary N) is 1. The molecule has 2 heterocycles. The first-order valence-corrected chi connectivity index (χ1v) is 6.26. The van der Waals surface area contributed by atoms with Gasteiger partial charge in [0.1, 0.15) is 5.60 Å². The topological polar surface area (TPSA) is 71.3 Å². The van der Waals surface area contributed by atoms with E-state index in [4.69, 9.17) is 10.5 Å². The number of hydrogen-bond acceptors (Lipinski definition) is 3. The zero-order chi connectivity index (χ0) is 13.3. The van der Waals surface area contributed by atoms with Crippen molar-refractivity contribution in [3.8, 4) is 0 Å². The molecule has 1 aliphatic rings. The number of ether oxygens (including phenoxy) is 1. The second-order valence-electron chi connectivity index (χ2n) is 5.67. The lowest BCUT2D eigenvalue weighted by molar-refractivity contribution is 0.0240.